The second kappa shape index (κ2) is 8.68. The van der Waals surface area contributed by atoms with Crippen LogP contribution in [0.4, 0.5) is 0 Å². The molecule has 1 aromatic rings. The predicted octanol–water partition coefficient (Wildman–Crippen LogP) is 1.71. The van der Waals surface area contributed by atoms with Crippen LogP contribution in [0.15, 0.2) is 24.3 Å². The van der Waals surface area contributed by atoms with E-state index in [1.807, 2.05) is 29.2 Å². The van der Waals surface area contributed by atoms with Gasteiger partial charge in [0.15, 0.2) is 0 Å². The third-order valence-corrected chi connectivity index (χ3v) is 4.23. The molecule has 24 heavy (non-hydrogen) atoms. The summed E-state index contributed by atoms with van der Waals surface area (Å²) < 4.78 is 5.60. The molecule has 1 aromatic carbocycles. The average Bonchev–Trinajstić information content (AvgIpc) is 3.00. The Labute approximate surface area is 142 Å². The molecule has 1 fully saturated rings. The summed E-state index contributed by atoms with van der Waals surface area (Å²) in [6.07, 6.45) is 0.609. The number of hydrogen-bond acceptors (Lipinski definition) is 4. The van der Waals surface area contributed by atoms with Crippen molar-refractivity contribution >= 4 is 11.9 Å². The number of likely N-dealkylation sites (tertiary alicyclic amines) is 1. The van der Waals surface area contributed by atoms with Gasteiger partial charge in [0.05, 0.1) is 19.0 Å². The molecular formula is C18H26N2O4. The van der Waals surface area contributed by atoms with E-state index in [4.69, 9.17) is 9.84 Å². The van der Waals surface area contributed by atoms with E-state index in [2.05, 4.69) is 19.2 Å². The van der Waals surface area contributed by atoms with Crippen molar-refractivity contribution in [3.05, 3.63) is 29.8 Å². The normalized spacial score (nSPS) is 17.9. The first kappa shape index (κ1) is 18.3. The van der Waals surface area contributed by atoms with Crippen LogP contribution in [0, 0.1) is 5.92 Å². The Bertz CT molecular complexity index is 557. The number of carbonyl (C=O) groups is 2. The number of carboxylic acids is 1. The molecule has 1 aliphatic rings. The lowest BCUT2D eigenvalue weighted by Gasteiger charge is -2.15. The molecule has 0 aromatic heterocycles. The maximum atomic E-state index is 11.9. The summed E-state index contributed by atoms with van der Waals surface area (Å²) >= 11 is 0. The molecule has 1 unspecified atom stereocenters. The van der Waals surface area contributed by atoms with Gasteiger partial charge < -0.3 is 15.2 Å². The molecule has 0 aliphatic carbocycles. The van der Waals surface area contributed by atoms with Crippen molar-refractivity contribution in [3.63, 3.8) is 0 Å². The third kappa shape index (κ3) is 5.53. The summed E-state index contributed by atoms with van der Waals surface area (Å²) in [6.45, 7) is 6.47. The molecule has 0 spiro atoms. The number of aliphatic carboxylic acids is 1. The molecule has 1 atom stereocenters. The first-order valence-electron chi connectivity index (χ1n) is 8.40. The van der Waals surface area contributed by atoms with Gasteiger partial charge in [0.25, 0.3) is 0 Å². The van der Waals surface area contributed by atoms with Crippen LogP contribution in [0.5, 0.6) is 5.75 Å². The fraction of sp³-hybridized carbons (Fsp3) is 0.556. The van der Waals surface area contributed by atoms with E-state index >= 15 is 0 Å². The number of nitrogens with one attached hydrogen (secondary N) is 1. The zero-order valence-electron chi connectivity index (χ0n) is 14.3. The number of rotatable bonds is 8. The van der Waals surface area contributed by atoms with Crippen molar-refractivity contribution in [2.45, 2.75) is 26.2 Å². The van der Waals surface area contributed by atoms with E-state index in [0.29, 0.717) is 38.6 Å². The van der Waals surface area contributed by atoms with Crippen molar-refractivity contribution < 1.29 is 19.4 Å². The zero-order valence-corrected chi connectivity index (χ0v) is 14.3. The minimum atomic E-state index is -0.783. The van der Waals surface area contributed by atoms with E-state index in [-0.39, 0.29) is 18.4 Å². The Morgan fingerprint density at radius 1 is 1.33 bits per heavy atom. The maximum Gasteiger partial charge on any atom is 0.307 e. The highest BCUT2D eigenvalue weighted by molar-refractivity contribution is 5.78. The Hall–Kier alpha value is -2.08. The Kier molecular flexibility index (Phi) is 6.61. The fourth-order valence-electron chi connectivity index (χ4n) is 2.75. The maximum absolute atomic E-state index is 11.9. The molecule has 1 saturated heterocycles. The standard InChI is InChI=1S/C18H26N2O4/c1-13(2)14-3-5-16(6-4-14)24-10-8-19-17(21)12-20-9-7-15(11-20)18(22)23/h3-6,13,15H,7-12H2,1-2H3,(H,19,21)(H,22,23). The summed E-state index contributed by atoms with van der Waals surface area (Å²) in [7, 11) is 0. The van der Waals surface area contributed by atoms with Gasteiger partial charge in [-0.3, -0.25) is 14.5 Å². The Balaban J connectivity index is 1.62. The Morgan fingerprint density at radius 2 is 2.04 bits per heavy atom. The fourth-order valence-corrected chi connectivity index (χ4v) is 2.75. The van der Waals surface area contributed by atoms with Crippen molar-refractivity contribution in [3.8, 4) is 5.75 Å². The molecule has 0 radical (unpaired) electrons. The molecule has 1 amide bonds. The molecule has 6 heteroatoms. The van der Waals surface area contributed by atoms with Crippen LogP contribution in [-0.4, -0.2) is 54.7 Å². The highest BCUT2D eigenvalue weighted by Crippen LogP contribution is 2.18. The highest BCUT2D eigenvalue weighted by Gasteiger charge is 2.28. The molecule has 1 heterocycles. The first-order chi connectivity index (χ1) is 11.5. The van der Waals surface area contributed by atoms with Crippen LogP contribution >= 0.6 is 0 Å². The van der Waals surface area contributed by atoms with Crippen LogP contribution < -0.4 is 10.1 Å². The second-order valence-corrected chi connectivity index (χ2v) is 6.48. The zero-order chi connectivity index (χ0) is 17.5. The van der Waals surface area contributed by atoms with Gasteiger partial charge in [0, 0.05) is 6.54 Å². The molecule has 0 saturated carbocycles. The largest absolute Gasteiger partial charge is 0.492 e. The van der Waals surface area contributed by atoms with E-state index < -0.39 is 5.97 Å². The lowest BCUT2D eigenvalue weighted by atomic mass is 10.0. The quantitative estimate of drug-likeness (QED) is 0.708. The molecule has 0 bridgehead atoms. The summed E-state index contributed by atoms with van der Waals surface area (Å²) in [6, 6.07) is 7.97. The van der Waals surface area contributed by atoms with Gasteiger partial charge in [-0.1, -0.05) is 26.0 Å². The van der Waals surface area contributed by atoms with Gasteiger partial charge in [-0.2, -0.15) is 0 Å². The van der Waals surface area contributed by atoms with Crippen LogP contribution in [-0.2, 0) is 9.59 Å². The lowest BCUT2D eigenvalue weighted by molar-refractivity contribution is -0.141. The van der Waals surface area contributed by atoms with Gasteiger partial charge in [0.2, 0.25) is 5.91 Å². The molecular weight excluding hydrogens is 308 g/mol. The molecule has 2 rings (SSSR count). The summed E-state index contributed by atoms with van der Waals surface area (Å²) in [5.41, 5.74) is 1.26. The number of benzene rings is 1. The van der Waals surface area contributed by atoms with Crippen LogP contribution in [0.3, 0.4) is 0 Å². The van der Waals surface area contributed by atoms with Crippen molar-refractivity contribution in [2.24, 2.45) is 5.92 Å². The number of ether oxygens (including phenoxy) is 1. The van der Waals surface area contributed by atoms with Crippen LogP contribution in [0.2, 0.25) is 0 Å². The first-order valence-corrected chi connectivity index (χ1v) is 8.40. The number of hydrogen-bond donors (Lipinski definition) is 2. The van der Waals surface area contributed by atoms with Crippen molar-refractivity contribution in [1.82, 2.24) is 10.2 Å². The number of amides is 1. The van der Waals surface area contributed by atoms with Crippen LogP contribution in [0.25, 0.3) is 0 Å². The van der Waals surface area contributed by atoms with Gasteiger partial charge in [-0.25, -0.2) is 0 Å². The second-order valence-electron chi connectivity index (χ2n) is 6.48. The van der Waals surface area contributed by atoms with Crippen LogP contribution in [0.1, 0.15) is 31.7 Å². The molecule has 6 nitrogen and oxygen atoms in total. The molecule has 132 valence electrons. The van der Waals surface area contributed by atoms with E-state index in [0.717, 1.165) is 5.75 Å². The third-order valence-electron chi connectivity index (χ3n) is 4.23. The number of nitrogens with zero attached hydrogens (tertiary/aromatic N) is 1. The molecule has 1 aliphatic heterocycles. The van der Waals surface area contributed by atoms with E-state index in [1.54, 1.807) is 0 Å². The monoisotopic (exact) mass is 334 g/mol. The minimum absolute atomic E-state index is 0.0974. The topological polar surface area (TPSA) is 78.9 Å². The summed E-state index contributed by atoms with van der Waals surface area (Å²) in [5, 5.41) is 11.8. The summed E-state index contributed by atoms with van der Waals surface area (Å²) in [5.74, 6) is 0.0478. The van der Waals surface area contributed by atoms with E-state index in [9.17, 15) is 9.59 Å². The Morgan fingerprint density at radius 3 is 2.62 bits per heavy atom. The smallest absolute Gasteiger partial charge is 0.307 e. The van der Waals surface area contributed by atoms with Crippen molar-refractivity contribution in [2.75, 3.05) is 32.8 Å². The van der Waals surface area contributed by atoms with Gasteiger partial charge in [-0.15, -0.1) is 0 Å². The minimum Gasteiger partial charge on any atom is -0.492 e. The number of carbonyl (C=O) groups excluding carboxylic acids is 1. The van der Waals surface area contributed by atoms with Gasteiger partial charge in [0.1, 0.15) is 12.4 Å². The van der Waals surface area contributed by atoms with Gasteiger partial charge in [-0.05, 0) is 36.6 Å². The average molecular weight is 334 g/mol. The number of carboxylic acid groups (broad SMARTS) is 1. The summed E-state index contributed by atoms with van der Waals surface area (Å²) in [4.78, 5) is 24.6. The lowest BCUT2D eigenvalue weighted by Crippen LogP contribution is -2.38. The molecule has 2 N–H and O–H groups in total. The SMILES string of the molecule is CC(C)c1ccc(OCCNC(=O)CN2CCC(C(=O)O)C2)cc1. The van der Waals surface area contributed by atoms with Gasteiger partial charge >= 0.3 is 5.97 Å². The van der Waals surface area contributed by atoms with E-state index in [1.165, 1.54) is 5.56 Å². The highest BCUT2D eigenvalue weighted by atomic mass is 16.5. The predicted molar refractivity (Wildman–Crippen MR) is 91.2 cm³/mol. The van der Waals surface area contributed by atoms with Crippen molar-refractivity contribution in [1.29, 1.82) is 0 Å².